The van der Waals surface area contributed by atoms with Crippen LogP contribution in [0.5, 0.6) is 5.75 Å². The third kappa shape index (κ3) is 5.18. The average molecular weight is 464 g/mol. The van der Waals surface area contributed by atoms with Gasteiger partial charge in [-0.2, -0.15) is 5.10 Å². The number of carbonyl (C=O) groups is 1. The van der Waals surface area contributed by atoms with Gasteiger partial charge in [0, 0.05) is 9.90 Å². The van der Waals surface area contributed by atoms with E-state index in [9.17, 15) is 13.2 Å². The zero-order valence-corrected chi connectivity index (χ0v) is 18.2. The third-order valence-electron chi connectivity index (χ3n) is 3.95. The minimum Gasteiger partial charge on any atom is -0.495 e. The number of sulfonamides is 1. The molecule has 10 heteroatoms. The molecule has 3 aromatic rings. The SMILES string of the molecule is COc1ccc(Cl)cc1N(CC(=O)N/N=C\c1cccs1)S(=O)(=O)c1ccccc1. The van der Waals surface area contributed by atoms with Crippen molar-refractivity contribution in [3.63, 3.8) is 0 Å². The van der Waals surface area contributed by atoms with E-state index in [-0.39, 0.29) is 16.3 Å². The Hall–Kier alpha value is -2.88. The summed E-state index contributed by atoms with van der Waals surface area (Å²) in [5.74, 6) is -0.363. The van der Waals surface area contributed by atoms with Gasteiger partial charge in [-0.1, -0.05) is 35.9 Å². The summed E-state index contributed by atoms with van der Waals surface area (Å²) in [4.78, 5) is 13.4. The van der Waals surface area contributed by atoms with Crippen LogP contribution in [0.15, 0.2) is 76.0 Å². The first-order valence-electron chi connectivity index (χ1n) is 8.68. The van der Waals surface area contributed by atoms with E-state index in [0.29, 0.717) is 5.02 Å². The van der Waals surface area contributed by atoms with Crippen molar-refractivity contribution in [1.82, 2.24) is 5.43 Å². The molecule has 0 radical (unpaired) electrons. The summed E-state index contributed by atoms with van der Waals surface area (Å²) >= 11 is 7.55. The van der Waals surface area contributed by atoms with Gasteiger partial charge in [0.15, 0.2) is 0 Å². The van der Waals surface area contributed by atoms with Gasteiger partial charge in [-0.3, -0.25) is 9.10 Å². The lowest BCUT2D eigenvalue weighted by Gasteiger charge is -2.25. The van der Waals surface area contributed by atoms with E-state index >= 15 is 0 Å². The van der Waals surface area contributed by atoms with Crippen molar-refractivity contribution in [2.75, 3.05) is 18.0 Å². The fourth-order valence-electron chi connectivity index (χ4n) is 2.58. The van der Waals surface area contributed by atoms with Gasteiger partial charge >= 0.3 is 0 Å². The van der Waals surface area contributed by atoms with Crippen LogP contribution < -0.4 is 14.5 Å². The van der Waals surface area contributed by atoms with E-state index in [1.807, 2.05) is 17.5 Å². The molecule has 1 heterocycles. The summed E-state index contributed by atoms with van der Waals surface area (Å²) in [6.45, 7) is -0.518. The fraction of sp³-hybridized carbons (Fsp3) is 0.100. The monoisotopic (exact) mass is 463 g/mol. The number of methoxy groups -OCH3 is 1. The molecule has 0 saturated heterocycles. The van der Waals surface area contributed by atoms with E-state index in [1.54, 1.807) is 24.3 Å². The first-order chi connectivity index (χ1) is 14.4. The molecule has 0 spiro atoms. The Morgan fingerprint density at radius 1 is 1.20 bits per heavy atom. The molecule has 1 amide bonds. The highest BCUT2D eigenvalue weighted by molar-refractivity contribution is 7.92. The lowest BCUT2D eigenvalue weighted by molar-refractivity contribution is -0.119. The number of hydrazone groups is 1. The van der Waals surface area contributed by atoms with Gasteiger partial charge in [0.05, 0.1) is 23.9 Å². The highest BCUT2D eigenvalue weighted by Gasteiger charge is 2.29. The summed E-state index contributed by atoms with van der Waals surface area (Å²) in [6, 6.07) is 16.0. The summed E-state index contributed by atoms with van der Waals surface area (Å²) in [6.07, 6.45) is 1.48. The van der Waals surface area contributed by atoms with Crippen molar-refractivity contribution in [2.24, 2.45) is 5.10 Å². The minimum absolute atomic E-state index is 0.0296. The Bertz CT molecular complexity index is 1130. The third-order valence-corrected chi connectivity index (χ3v) is 6.77. The van der Waals surface area contributed by atoms with Crippen LogP contribution >= 0.6 is 22.9 Å². The molecule has 0 unspecified atom stereocenters. The number of rotatable bonds is 8. The first-order valence-corrected chi connectivity index (χ1v) is 11.4. The maximum atomic E-state index is 13.3. The van der Waals surface area contributed by atoms with Gasteiger partial charge in [-0.15, -0.1) is 11.3 Å². The average Bonchev–Trinajstić information content (AvgIpc) is 3.26. The molecule has 0 atom stereocenters. The van der Waals surface area contributed by atoms with Gasteiger partial charge in [0.25, 0.3) is 15.9 Å². The molecule has 0 aliphatic heterocycles. The first kappa shape index (κ1) is 21.8. The molecule has 7 nitrogen and oxygen atoms in total. The lowest BCUT2D eigenvalue weighted by atomic mass is 10.3. The number of nitrogens with one attached hydrogen (secondary N) is 1. The quantitative estimate of drug-likeness (QED) is 0.407. The lowest BCUT2D eigenvalue weighted by Crippen LogP contribution is -2.39. The molecular weight excluding hydrogens is 446 g/mol. The van der Waals surface area contributed by atoms with E-state index < -0.39 is 22.5 Å². The van der Waals surface area contributed by atoms with E-state index in [0.717, 1.165) is 9.18 Å². The van der Waals surface area contributed by atoms with Crippen LogP contribution in [-0.2, 0) is 14.8 Å². The Morgan fingerprint density at radius 3 is 2.63 bits per heavy atom. The molecule has 0 fully saturated rings. The van der Waals surface area contributed by atoms with E-state index in [1.165, 1.54) is 48.9 Å². The van der Waals surface area contributed by atoms with Crippen LogP contribution in [0.3, 0.4) is 0 Å². The molecule has 2 aromatic carbocycles. The number of hydrogen-bond acceptors (Lipinski definition) is 6. The van der Waals surface area contributed by atoms with Crippen molar-refractivity contribution < 1.29 is 17.9 Å². The highest BCUT2D eigenvalue weighted by Crippen LogP contribution is 2.34. The molecule has 3 rings (SSSR count). The maximum absolute atomic E-state index is 13.3. The zero-order valence-electron chi connectivity index (χ0n) is 15.9. The Morgan fingerprint density at radius 2 is 1.97 bits per heavy atom. The Labute approximate surface area is 183 Å². The topological polar surface area (TPSA) is 88.1 Å². The molecule has 0 aliphatic carbocycles. The largest absolute Gasteiger partial charge is 0.495 e. The fourth-order valence-corrected chi connectivity index (χ4v) is 4.77. The van der Waals surface area contributed by atoms with Crippen molar-refractivity contribution in [3.05, 3.63) is 75.9 Å². The predicted octanol–water partition coefficient (Wildman–Crippen LogP) is 3.76. The number of hydrogen-bond donors (Lipinski definition) is 1. The second-order valence-corrected chi connectivity index (χ2v) is 9.23. The molecule has 0 saturated carbocycles. The van der Waals surface area contributed by atoms with Crippen LogP contribution in [0.1, 0.15) is 4.88 Å². The Kier molecular flexibility index (Phi) is 7.09. The number of amides is 1. The van der Waals surface area contributed by atoms with Crippen molar-refractivity contribution >= 4 is 50.8 Å². The summed E-state index contributed by atoms with van der Waals surface area (Å²) in [5, 5.41) is 6.06. The Balaban J connectivity index is 1.94. The van der Waals surface area contributed by atoms with Gasteiger partial charge in [-0.05, 0) is 41.8 Å². The summed E-state index contributed by atoms with van der Waals surface area (Å²) in [7, 11) is -2.67. The standard InChI is InChI=1S/C20H18ClN3O4S2/c1-28-19-10-9-15(21)12-18(19)24(30(26,27)17-7-3-2-4-8-17)14-20(25)23-22-13-16-6-5-11-29-16/h2-13H,14H2,1H3,(H,23,25)/b22-13-. The zero-order chi connectivity index (χ0) is 21.6. The number of anilines is 1. The molecular formula is C20H18ClN3O4S2. The molecule has 1 N–H and O–H groups in total. The summed E-state index contributed by atoms with van der Waals surface area (Å²) < 4.78 is 32.9. The number of ether oxygens (including phenoxy) is 1. The summed E-state index contributed by atoms with van der Waals surface area (Å²) in [5.41, 5.74) is 2.50. The van der Waals surface area contributed by atoms with Gasteiger partial charge in [0.1, 0.15) is 12.3 Å². The van der Waals surface area contributed by atoms with Gasteiger partial charge in [0.2, 0.25) is 0 Å². The van der Waals surface area contributed by atoms with Crippen LogP contribution in [0.2, 0.25) is 5.02 Å². The predicted molar refractivity (Wildman–Crippen MR) is 119 cm³/mol. The number of halogens is 1. The van der Waals surface area contributed by atoms with Crippen molar-refractivity contribution in [1.29, 1.82) is 0 Å². The second-order valence-electron chi connectivity index (χ2n) is 5.95. The maximum Gasteiger partial charge on any atom is 0.264 e. The minimum atomic E-state index is -4.08. The molecule has 0 aliphatic rings. The smallest absolute Gasteiger partial charge is 0.264 e. The van der Waals surface area contributed by atoms with E-state index in [2.05, 4.69) is 10.5 Å². The van der Waals surface area contributed by atoms with Gasteiger partial charge in [-0.25, -0.2) is 13.8 Å². The normalized spacial score (nSPS) is 11.4. The number of benzene rings is 2. The highest BCUT2D eigenvalue weighted by atomic mass is 35.5. The number of thiophene rings is 1. The molecule has 30 heavy (non-hydrogen) atoms. The molecule has 156 valence electrons. The van der Waals surface area contributed by atoms with Crippen LogP contribution in [0, 0.1) is 0 Å². The number of nitrogens with zero attached hydrogens (tertiary/aromatic N) is 2. The second kappa shape index (κ2) is 9.75. The number of carbonyl (C=O) groups excluding carboxylic acids is 1. The van der Waals surface area contributed by atoms with Crippen LogP contribution in [0.4, 0.5) is 5.69 Å². The van der Waals surface area contributed by atoms with Crippen molar-refractivity contribution in [2.45, 2.75) is 4.90 Å². The molecule has 0 bridgehead atoms. The van der Waals surface area contributed by atoms with Crippen molar-refractivity contribution in [3.8, 4) is 5.75 Å². The van der Waals surface area contributed by atoms with Gasteiger partial charge < -0.3 is 4.74 Å². The molecule has 1 aromatic heterocycles. The van der Waals surface area contributed by atoms with Crippen LogP contribution in [0.25, 0.3) is 0 Å². The van der Waals surface area contributed by atoms with Crippen LogP contribution in [-0.4, -0.2) is 34.2 Å². The van der Waals surface area contributed by atoms with E-state index in [4.69, 9.17) is 16.3 Å².